The number of nitroso groups, excluding NO2 is 1. The summed E-state index contributed by atoms with van der Waals surface area (Å²) >= 11 is 1.25. The van der Waals surface area contributed by atoms with Crippen LogP contribution in [0.3, 0.4) is 0 Å². The zero-order chi connectivity index (χ0) is 22.8. The number of fused-ring (bicyclic) bond motifs is 1. The zero-order valence-corrected chi connectivity index (χ0v) is 19.0. The van der Waals surface area contributed by atoms with Gasteiger partial charge >= 0.3 is 0 Å². The molecule has 0 N–H and O–H groups in total. The number of carbonyl (C=O) groups excluding carboxylic acids is 1. The van der Waals surface area contributed by atoms with Gasteiger partial charge in [-0.1, -0.05) is 23.8 Å². The van der Waals surface area contributed by atoms with Gasteiger partial charge in [-0.2, -0.15) is 0 Å². The second-order valence-corrected chi connectivity index (χ2v) is 9.02. The van der Waals surface area contributed by atoms with Crippen molar-refractivity contribution in [2.75, 3.05) is 19.7 Å². The van der Waals surface area contributed by atoms with Gasteiger partial charge in [-0.25, -0.2) is 9.97 Å². The topological polar surface area (TPSA) is 97.6 Å². The first-order chi connectivity index (χ1) is 16.2. The lowest BCUT2D eigenvalue weighted by Crippen LogP contribution is -2.46. The monoisotopic (exact) mass is 461 g/mol. The fourth-order valence-electron chi connectivity index (χ4n) is 4.28. The molecule has 1 fully saturated rings. The first kappa shape index (κ1) is 21.5. The highest BCUT2D eigenvalue weighted by Crippen LogP contribution is 2.34. The number of amides is 1. The van der Waals surface area contributed by atoms with E-state index in [0.29, 0.717) is 41.2 Å². The van der Waals surface area contributed by atoms with Gasteiger partial charge in [-0.3, -0.25) is 9.78 Å². The first-order valence-electron chi connectivity index (χ1n) is 11.0. The number of allylic oxidation sites excluding steroid dienone is 2. The number of thiophene rings is 1. The molecule has 0 radical (unpaired) electrons. The molecule has 0 saturated carbocycles. The molecule has 1 atom stereocenters. The molecule has 8 nitrogen and oxygen atoms in total. The van der Waals surface area contributed by atoms with E-state index in [2.05, 4.69) is 39.2 Å². The third kappa shape index (κ3) is 4.21. The summed E-state index contributed by atoms with van der Waals surface area (Å²) in [5, 5.41) is 4.82. The number of hydrogen-bond donors (Lipinski definition) is 0. The van der Waals surface area contributed by atoms with Crippen molar-refractivity contribution in [2.24, 2.45) is 5.18 Å². The molecule has 3 aromatic rings. The van der Waals surface area contributed by atoms with Crippen LogP contribution in [0.15, 0.2) is 58.3 Å². The molecular formula is C24H23N5O3S. The Morgan fingerprint density at radius 2 is 2.21 bits per heavy atom. The molecule has 0 bridgehead atoms. The third-order valence-corrected chi connectivity index (χ3v) is 6.99. The fraction of sp³-hybridized carbons (Fsp3) is 0.333. The lowest BCUT2D eigenvalue weighted by Gasteiger charge is -2.34. The second-order valence-electron chi connectivity index (χ2n) is 8.15. The van der Waals surface area contributed by atoms with E-state index in [-0.39, 0.29) is 23.7 Å². The second kappa shape index (κ2) is 9.29. The number of pyridine rings is 1. The molecule has 9 heteroatoms. The van der Waals surface area contributed by atoms with Gasteiger partial charge in [0.1, 0.15) is 22.0 Å². The van der Waals surface area contributed by atoms with Crippen molar-refractivity contribution in [3.8, 4) is 11.5 Å². The molecule has 1 saturated heterocycles. The van der Waals surface area contributed by atoms with E-state index in [1.54, 1.807) is 23.7 Å². The summed E-state index contributed by atoms with van der Waals surface area (Å²) in [7, 11) is 0. The Morgan fingerprint density at radius 3 is 3.03 bits per heavy atom. The molecule has 0 unspecified atom stereocenters. The lowest BCUT2D eigenvalue weighted by molar-refractivity contribution is -0.00346. The Hall–Kier alpha value is -3.30. The van der Waals surface area contributed by atoms with Crippen molar-refractivity contribution in [2.45, 2.75) is 32.3 Å². The minimum Gasteiger partial charge on any atom is -0.370 e. The highest BCUT2D eigenvalue weighted by Gasteiger charge is 2.30. The van der Waals surface area contributed by atoms with Gasteiger partial charge in [-0.15, -0.1) is 16.2 Å². The van der Waals surface area contributed by atoms with Crippen LogP contribution in [0, 0.1) is 4.91 Å². The van der Waals surface area contributed by atoms with Crippen molar-refractivity contribution < 1.29 is 9.53 Å². The average Bonchev–Trinajstić information content (AvgIpc) is 3.17. The molecule has 2 aliphatic rings. The number of nitrogens with zero attached hydrogens (tertiary/aromatic N) is 5. The molecule has 1 amide bonds. The number of hydrogen-bond acceptors (Lipinski definition) is 8. The van der Waals surface area contributed by atoms with Crippen LogP contribution in [0.25, 0.3) is 21.7 Å². The molecule has 4 heterocycles. The Kier molecular flexibility index (Phi) is 6.06. The van der Waals surface area contributed by atoms with Crippen molar-refractivity contribution in [1.82, 2.24) is 19.9 Å². The van der Waals surface area contributed by atoms with Crippen LogP contribution in [0.5, 0.6) is 0 Å². The Morgan fingerprint density at radius 1 is 1.30 bits per heavy atom. The molecule has 1 aliphatic carbocycles. The summed E-state index contributed by atoms with van der Waals surface area (Å²) < 4.78 is 6.55. The molecular weight excluding hydrogens is 438 g/mol. The van der Waals surface area contributed by atoms with Crippen LogP contribution < -0.4 is 0 Å². The van der Waals surface area contributed by atoms with Crippen LogP contribution in [0.2, 0.25) is 0 Å². The van der Waals surface area contributed by atoms with Gasteiger partial charge in [0, 0.05) is 18.1 Å². The predicted molar refractivity (Wildman–Crippen MR) is 127 cm³/mol. The van der Waals surface area contributed by atoms with Crippen LogP contribution in [0.1, 0.15) is 36.5 Å². The predicted octanol–water partition coefficient (Wildman–Crippen LogP) is 5.05. The summed E-state index contributed by atoms with van der Waals surface area (Å²) in [6.07, 6.45) is 9.05. The minimum atomic E-state index is -0.146. The minimum absolute atomic E-state index is 0.0222. The van der Waals surface area contributed by atoms with Crippen molar-refractivity contribution in [3.05, 3.63) is 63.5 Å². The highest BCUT2D eigenvalue weighted by molar-refractivity contribution is 7.18. The van der Waals surface area contributed by atoms with E-state index < -0.39 is 0 Å². The highest BCUT2D eigenvalue weighted by atomic mass is 32.1. The third-order valence-electron chi connectivity index (χ3n) is 6.02. The zero-order valence-electron chi connectivity index (χ0n) is 18.2. The normalized spacial score (nSPS) is 19.1. The standard InChI is InChI=1S/C24H23N5O3S/c1-15-7-3-2-4-8-16(15)19-13-29(11-12-32-19)24(30)17-14-33-21-20(17)26-22(27-23(21)28-31)18-9-5-6-10-25-18/h4-6,8-10,14,19H,2-3,7,11-13H2,1H3/t19-/m0/s1. The van der Waals surface area contributed by atoms with Crippen LogP contribution in [-0.2, 0) is 4.74 Å². The summed E-state index contributed by atoms with van der Waals surface area (Å²) in [6, 6.07) is 5.36. The maximum absolute atomic E-state index is 13.6. The number of carbonyl (C=O) groups is 1. The first-order valence-corrected chi connectivity index (χ1v) is 11.8. The van der Waals surface area contributed by atoms with Crippen molar-refractivity contribution >= 4 is 33.3 Å². The number of aromatic nitrogens is 3. The van der Waals surface area contributed by atoms with Gasteiger partial charge in [0.15, 0.2) is 5.82 Å². The molecule has 3 aromatic heterocycles. The fourth-order valence-corrected chi connectivity index (χ4v) is 5.19. The van der Waals surface area contributed by atoms with Gasteiger partial charge in [0.25, 0.3) is 5.91 Å². The van der Waals surface area contributed by atoms with Gasteiger partial charge in [0.2, 0.25) is 5.82 Å². The van der Waals surface area contributed by atoms with E-state index in [1.165, 1.54) is 22.5 Å². The van der Waals surface area contributed by atoms with Crippen LogP contribution >= 0.6 is 11.3 Å². The number of rotatable bonds is 4. The van der Waals surface area contributed by atoms with Crippen molar-refractivity contribution in [3.63, 3.8) is 0 Å². The van der Waals surface area contributed by atoms with Crippen LogP contribution in [-0.4, -0.2) is 51.6 Å². The Bertz CT molecular complexity index is 1270. The van der Waals surface area contributed by atoms with Crippen molar-refractivity contribution in [1.29, 1.82) is 0 Å². The molecule has 5 rings (SSSR count). The smallest absolute Gasteiger partial charge is 0.257 e. The maximum Gasteiger partial charge on any atom is 0.257 e. The van der Waals surface area contributed by atoms with E-state index in [9.17, 15) is 9.70 Å². The number of morpholine rings is 1. The summed E-state index contributed by atoms with van der Waals surface area (Å²) in [5.74, 6) is 0.163. The summed E-state index contributed by atoms with van der Waals surface area (Å²) in [5.41, 5.74) is 3.89. The molecule has 1 aliphatic heterocycles. The van der Waals surface area contributed by atoms with Crippen LogP contribution in [0.4, 0.5) is 5.82 Å². The molecule has 33 heavy (non-hydrogen) atoms. The SMILES string of the molecule is CC1=C([C@@H]2CN(C(=O)c3csc4c(N=O)nc(-c5ccccn5)nc34)CCO2)C=CCCC1. The Balaban J connectivity index is 1.49. The van der Waals surface area contributed by atoms with E-state index in [1.807, 2.05) is 11.0 Å². The molecule has 168 valence electrons. The van der Waals surface area contributed by atoms with E-state index in [4.69, 9.17) is 4.74 Å². The molecule has 0 spiro atoms. The van der Waals surface area contributed by atoms with Gasteiger partial charge < -0.3 is 9.64 Å². The summed E-state index contributed by atoms with van der Waals surface area (Å²) in [6.45, 7) is 3.59. The maximum atomic E-state index is 13.6. The van der Waals surface area contributed by atoms with E-state index >= 15 is 0 Å². The van der Waals surface area contributed by atoms with E-state index in [0.717, 1.165) is 19.3 Å². The largest absolute Gasteiger partial charge is 0.370 e. The van der Waals surface area contributed by atoms with Gasteiger partial charge in [-0.05, 0) is 49.1 Å². The Labute approximate surface area is 195 Å². The van der Waals surface area contributed by atoms with Gasteiger partial charge in [0.05, 0.1) is 18.7 Å². The lowest BCUT2D eigenvalue weighted by atomic mass is 10.00. The number of ether oxygens (including phenoxy) is 1. The quantitative estimate of drug-likeness (QED) is 0.505. The summed E-state index contributed by atoms with van der Waals surface area (Å²) in [4.78, 5) is 40.0. The molecule has 0 aromatic carbocycles. The average molecular weight is 462 g/mol.